The number of fused-ring (bicyclic) bond motifs is 1. The van der Waals surface area contributed by atoms with Gasteiger partial charge in [-0.25, -0.2) is 4.68 Å². The van der Waals surface area contributed by atoms with Gasteiger partial charge in [-0.3, -0.25) is 4.79 Å². The van der Waals surface area contributed by atoms with E-state index in [4.69, 9.17) is 9.72 Å². The highest BCUT2D eigenvalue weighted by molar-refractivity contribution is 7.22. The molecule has 0 aliphatic carbocycles. The van der Waals surface area contributed by atoms with E-state index in [9.17, 15) is 4.79 Å². The fourth-order valence-corrected chi connectivity index (χ4v) is 4.58. The summed E-state index contributed by atoms with van der Waals surface area (Å²) in [5.74, 6) is 1.03. The maximum absolute atomic E-state index is 12.5. The zero-order valence-electron chi connectivity index (χ0n) is 17.6. The second kappa shape index (κ2) is 7.33. The monoisotopic (exact) mass is 413 g/mol. The van der Waals surface area contributed by atoms with Gasteiger partial charge in [0, 0.05) is 31.6 Å². The van der Waals surface area contributed by atoms with Crippen molar-refractivity contribution in [2.45, 2.75) is 27.7 Å². The third-order valence-electron chi connectivity index (χ3n) is 5.17. The van der Waals surface area contributed by atoms with Crippen LogP contribution in [0.5, 0.6) is 5.75 Å². The normalized spacial score (nSPS) is 15.2. The van der Waals surface area contributed by atoms with E-state index in [0.717, 1.165) is 58.8 Å². The summed E-state index contributed by atoms with van der Waals surface area (Å²) in [6.45, 7) is 11.0. The third-order valence-corrected chi connectivity index (χ3v) is 6.39. The Balaban J connectivity index is 1.56. The van der Waals surface area contributed by atoms with Crippen LogP contribution in [0.1, 0.15) is 26.5 Å². The number of hydrogen-bond donors (Lipinski definition) is 0. The molecule has 1 saturated heterocycles. The van der Waals surface area contributed by atoms with Crippen molar-refractivity contribution in [3.05, 3.63) is 30.0 Å². The van der Waals surface area contributed by atoms with E-state index >= 15 is 0 Å². The highest BCUT2D eigenvalue weighted by atomic mass is 32.1. The predicted molar refractivity (Wildman–Crippen MR) is 116 cm³/mol. The molecule has 0 bridgehead atoms. The number of nitrogens with zero attached hydrogens (tertiary/aromatic N) is 5. The number of rotatable bonds is 3. The van der Waals surface area contributed by atoms with E-state index in [-0.39, 0.29) is 11.3 Å². The highest BCUT2D eigenvalue weighted by Gasteiger charge is 2.30. The molecule has 3 aromatic rings. The number of piperazine rings is 1. The number of benzene rings is 1. The Morgan fingerprint density at radius 3 is 2.34 bits per heavy atom. The minimum atomic E-state index is -0.336. The van der Waals surface area contributed by atoms with Gasteiger partial charge in [-0.15, -0.1) is 0 Å². The van der Waals surface area contributed by atoms with Crippen LogP contribution < -0.4 is 9.64 Å². The van der Waals surface area contributed by atoms with Gasteiger partial charge in [0.05, 0.1) is 23.2 Å². The molecule has 0 atom stereocenters. The quantitative estimate of drug-likeness (QED) is 0.658. The summed E-state index contributed by atoms with van der Waals surface area (Å²) in [5.41, 5.74) is 2.47. The molecule has 1 aliphatic rings. The van der Waals surface area contributed by atoms with E-state index in [2.05, 4.69) is 10.00 Å². The number of thiazole rings is 1. The molecular formula is C21H27N5O2S. The van der Waals surface area contributed by atoms with Crippen LogP contribution in [0.25, 0.3) is 16.0 Å². The summed E-state index contributed by atoms with van der Waals surface area (Å²) in [6.07, 6.45) is 0. The molecule has 2 aromatic heterocycles. The number of methoxy groups -OCH3 is 1. The summed E-state index contributed by atoms with van der Waals surface area (Å²) >= 11 is 1.67. The largest absolute Gasteiger partial charge is 0.497 e. The molecule has 1 aliphatic heterocycles. The number of aryl methyl sites for hydroxylation is 1. The standard InChI is InChI=1S/C21H27N5O2S/c1-14-17-18(26(23-14)15-6-8-16(28-5)9-7-15)22-20(29-17)25-12-10-24(11-13-25)19(27)21(2,3)4/h6-9H,10-13H2,1-5H3. The maximum atomic E-state index is 12.5. The van der Waals surface area contributed by atoms with Gasteiger partial charge in [-0.05, 0) is 31.2 Å². The molecule has 1 aromatic carbocycles. The Labute approximate surface area is 174 Å². The van der Waals surface area contributed by atoms with Crippen LogP contribution in [0.15, 0.2) is 24.3 Å². The minimum absolute atomic E-state index is 0.215. The van der Waals surface area contributed by atoms with Crippen LogP contribution in [-0.4, -0.2) is 58.9 Å². The highest BCUT2D eigenvalue weighted by Crippen LogP contribution is 2.33. The van der Waals surface area contributed by atoms with Crippen LogP contribution in [-0.2, 0) is 4.79 Å². The number of anilines is 1. The lowest BCUT2D eigenvalue weighted by atomic mass is 9.94. The van der Waals surface area contributed by atoms with Crippen molar-refractivity contribution in [3.63, 3.8) is 0 Å². The van der Waals surface area contributed by atoms with Crippen molar-refractivity contribution in [2.24, 2.45) is 5.41 Å². The van der Waals surface area contributed by atoms with Gasteiger partial charge in [0.15, 0.2) is 10.8 Å². The average Bonchev–Trinajstić information content (AvgIpc) is 3.28. The summed E-state index contributed by atoms with van der Waals surface area (Å²) < 4.78 is 8.24. The van der Waals surface area contributed by atoms with Crippen molar-refractivity contribution in [3.8, 4) is 11.4 Å². The number of amides is 1. The van der Waals surface area contributed by atoms with E-state index in [0.29, 0.717) is 0 Å². The molecule has 1 fully saturated rings. The van der Waals surface area contributed by atoms with E-state index < -0.39 is 0 Å². The molecule has 1 amide bonds. The number of ether oxygens (including phenoxy) is 1. The first-order valence-electron chi connectivity index (χ1n) is 9.83. The Morgan fingerprint density at radius 1 is 1.10 bits per heavy atom. The lowest BCUT2D eigenvalue weighted by Gasteiger charge is -2.37. The molecule has 29 heavy (non-hydrogen) atoms. The smallest absolute Gasteiger partial charge is 0.228 e. The minimum Gasteiger partial charge on any atom is -0.497 e. The summed E-state index contributed by atoms with van der Waals surface area (Å²) in [7, 11) is 1.66. The molecule has 0 saturated carbocycles. The number of carbonyl (C=O) groups excluding carboxylic acids is 1. The Bertz CT molecular complexity index is 1020. The van der Waals surface area contributed by atoms with Crippen LogP contribution >= 0.6 is 11.3 Å². The summed E-state index contributed by atoms with van der Waals surface area (Å²) in [6, 6.07) is 7.83. The molecule has 3 heterocycles. The van der Waals surface area contributed by atoms with Gasteiger partial charge in [0.25, 0.3) is 0 Å². The van der Waals surface area contributed by atoms with Crippen molar-refractivity contribution in [2.75, 3.05) is 38.2 Å². The van der Waals surface area contributed by atoms with E-state index in [1.54, 1.807) is 18.4 Å². The molecule has 0 radical (unpaired) electrons. The Kier molecular flexibility index (Phi) is 4.98. The van der Waals surface area contributed by atoms with Gasteiger partial charge >= 0.3 is 0 Å². The van der Waals surface area contributed by atoms with Gasteiger partial charge in [-0.1, -0.05) is 32.1 Å². The predicted octanol–water partition coefficient (Wildman–Crippen LogP) is 3.49. The lowest BCUT2D eigenvalue weighted by molar-refractivity contribution is -0.139. The number of hydrogen-bond acceptors (Lipinski definition) is 6. The van der Waals surface area contributed by atoms with E-state index in [1.165, 1.54) is 0 Å². The van der Waals surface area contributed by atoms with Crippen LogP contribution in [0.2, 0.25) is 0 Å². The van der Waals surface area contributed by atoms with Crippen molar-refractivity contribution in [1.82, 2.24) is 19.7 Å². The van der Waals surface area contributed by atoms with Crippen LogP contribution in [0.3, 0.4) is 0 Å². The van der Waals surface area contributed by atoms with Gasteiger partial charge in [0.2, 0.25) is 5.91 Å². The fourth-order valence-electron chi connectivity index (χ4n) is 3.54. The van der Waals surface area contributed by atoms with Crippen molar-refractivity contribution >= 4 is 32.7 Å². The topological polar surface area (TPSA) is 63.5 Å². The Morgan fingerprint density at radius 2 is 1.76 bits per heavy atom. The first kappa shape index (κ1) is 19.7. The molecular weight excluding hydrogens is 386 g/mol. The molecule has 0 spiro atoms. The van der Waals surface area contributed by atoms with Crippen molar-refractivity contribution < 1.29 is 9.53 Å². The average molecular weight is 414 g/mol. The maximum Gasteiger partial charge on any atom is 0.228 e. The first-order valence-corrected chi connectivity index (χ1v) is 10.6. The van der Waals surface area contributed by atoms with Gasteiger partial charge < -0.3 is 14.5 Å². The SMILES string of the molecule is COc1ccc(-n2nc(C)c3sc(N4CCN(C(=O)C(C)(C)C)CC4)nc32)cc1. The summed E-state index contributed by atoms with van der Waals surface area (Å²) in [5, 5.41) is 5.67. The third kappa shape index (κ3) is 3.69. The van der Waals surface area contributed by atoms with Crippen molar-refractivity contribution in [1.29, 1.82) is 0 Å². The van der Waals surface area contributed by atoms with E-state index in [1.807, 2.05) is 61.5 Å². The molecule has 154 valence electrons. The molecule has 0 unspecified atom stereocenters. The second-order valence-electron chi connectivity index (χ2n) is 8.37. The number of aromatic nitrogens is 3. The zero-order valence-corrected chi connectivity index (χ0v) is 18.4. The molecule has 4 rings (SSSR count). The number of carbonyl (C=O) groups is 1. The molecule has 0 N–H and O–H groups in total. The molecule has 7 nitrogen and oxygen atoms in total. The second-order valence-corrected chi connectivity index (χ2v) is 9.35. The van der Waals surface area contributed by atoms with Crippen LogP contribution in [0.4, 0.5) is 5.13 Å². The van der Waals surface area contributed by atoms with Crippen LogP contribution in [0, 0.1) is 12.3 Å². The lowest BCUT2D eigenvalue weighted by Crippen LogP contribution is -2.51. The fraction of sp³-hybridized carbons (Fsp3) is 0.476. The Hall–Kier alpha value is -2.61. The zero-order chi connectivity index (χ0) is 20.8. The summed E-state index contributed by atoms with van der Waals surface area (Å²) in [4.78, 5) is 21.7. The molecule has 8 heteroatoms. The van der Waals surface area contributed by atoms with Gasteiger partial charge in [-0.2, -0.15) is 10.1 Å². The van der Waals surface area contributed by atoms with Gasteiger partial charge in [0.1, 0.15) is 5.75 Å². The first-order chi connectivity index (χ1) is 13.8.